The van der Waals surface area contributed by atoms with Gasteiger partial charge in [-0.1, -0.05) is 29.8 Å². The van der Waals surface area contributed by atoms with Crippen LogP contribution in [0.2, 0.25) is 5.02 Å². The van der Waals surface area contributed by atoms with E-state index in [1.807, 2.05) is 6.07 Å². The van der Waals surface area contributed by atoms with Gasteiger partial charge in [-0.3, -0.25) is 4.79 Å². The van der Waals surface area contributed by atoms with Gasteiger partial charge in [-0.15, -0.1) is 0 Å². The van der Waals surface area contributed by atoms with E-state index in [-0.39, 0.29) is 11.5 Å². The number of benzene rings is 1. The minimum Gasteiger partial charge on any atom is -0.465 e. The van der Waals surface area contributed by atoms with Crippen LogP contribution in [-0.2, 0) is 14.3 Å². The number of hydrogen-bond donors (Lipinski definition) is 0. The Hall–Kier alpha value is -2.07. The number of likely N-dealkylation sites (N-methyl/N-ethyl adjacent to an activating group) is 1. The number of rotatable bonds is 2. The molecule has 0 radical (unpaired) electrons. The highest BCUT2D eigenvalue weighted by Gasteiger charge is 2.34. The Labute approximate surface area is 122 Å². The number of carbonyl (C=O) groups excluding carboxylic acids is 2. The normalized spacial score (nSPS) is 17.1. The third kappa shape index (κ3) is 2.34. The van der Waals surface area contributed by atoms with Gasteiger partial charge in [0, 0.05) is 17.8 Å². The molecule has 0 aromatic heterocycles. The molecule has 1 amide bonds. The first kappa shape index (κ1) is 14.3. The van der Waals surface area contributed by atoms with Gasteiger partial charge in [-0.25, -0.2) is 4.79 Å². The Bertz CT molecular complexity index is 646. The van der Waals surface area contributed by atoms with Gasteiger partial charge < -0.3 is 9.64 Å². The van der Waals surface area contributed by atoms with E-state index < -0.39 is 5.97 Å². The van der Waals surface area contributed by atoms with Gasteiger partial charge in [-0.2, -0.15) is 0 Å². The largest absolute Gasteiger partial charge is 0.465 e. The summed E-state index contributed by atoms with van der Waals surface area (Å²) in [6.07, 6.45) is 1.62. The number of methoxy groups -OCH3 is 1. The summed E-state index contributed by atoms with van der Waals surface area (Å²) < 4.78 is 4.75. The van der Waals surface area contributed by atoms with Crippen LogP contribution in [0, 0.1) is 0 Å². The van der Waals surface area contributed by atoms with E-state index in [2.05, 4.69) is 0 Å². The van der Waals surface area contributed by atoms with Crippen molar-refractivity contribution in [2.75, 3.05) is 14.2 Å². The number of hydrogen-bond acceptors (Lipinski definition) is 3. The third-order valence-electron chi connectivity index (χ3n) is 3.26. The maximum absolute atomic E-state index is 12.2. The van der Waals surface area contributed by atoms with Crippen molar-refractivity contribution in [3.8, 4) is 0 Å². The predicted molar refractivity (Wildman–Crippen MR) is 76.9 cm³/mol. The first-order valence-corrected chi connectivity index (χ1v) is 6.39. The van der Waals surface area contributed by atoms with Crippen molar-refractivity contribution in [2.45, 2.75) is 6.92 Å². The Morgan fingerprint density at radius 1 is 1.35 bits per heavy atom. The fourth-order valence-corrected chi connectivity index (χ4v) is 2.23. The number of ether oxygens (including phenoxy) is 1. The summed E-state index contributed by atoms with van der Waals surface area (Å²) in [5, 5.41) is 0.518. The molecular weight excluding hydrogens is 278 g/mol. The minimum atomic E-state index is -0.529. The first-order chi connectivity index (χ1) is 9.47. The van der Waals surface area contributed by atoms with Crippen LogP contribution in [0.1, 0.15) is 12.5 Å². The molecule has 0 N–H and O–H groups in total. The van der Waals surface area contributed by atoms with Crippen LogP contribution < -0.4 is 0 Å². The molecule has 1 aliphatic rings. The zero-order valence-electron chi connectivity index (χ0n) is 11.4. The molecule has 0 saturated carbocycles. The molecule has 0 spiro atoms. The fraction of sp³-hybridized carbons (Fsp3) is 0.200. The van der Waals surface area contributed by atoms with E-state index in [0.29, 0.717) is 21.9 Å². The molecular formula is C15H14ClNO3. The molecule has 0 fully saturated rings. The maximum atomic E-state index is 12.2. The number of halogens is 1. The fourth-order valence-electron chi connectivity index (χ4n) is 2.04. The summed E-state index contributed by atoms with van der Waals surface area (Å²) in [7, 11) is 2.91. The summed E-state index contributed by atoms with van der Waals surface area (Å²) in [5.74, 6) is -0.777. The standard InChI is InChI=1S/C15H14ClNO3/c1-9-13(15(19)20-3)11(14(18)17(9)2)8-10-6-4-5-7-12(10)16/h4-8H,1-3H3. The molecule has 0 atom stereocenters. The highest BCUT2D eigenvalue weighted by Crippen LogP contribution is 2.31. The molecule has 0 unspecified atom stereocenters. The number of nitrogens with zero attached hydrogens (tertiary/aromatic N) is 1. The summed E-state index contributed by atoms with van der Waals surface area (Å²) in [6, 6.07) is 7.13. The molecule has 5 heteroatoms. The van der Waals surface area contributed by atoms with Gasteiger partial charge in [0.05, 0.1) is 18.3 Å². The maximum Gasteiger partial charge on any atom is 0.340 e. The zero-order chi connectivity index (χ0) is 14.9. The summed E-state index contributed by atoms with van der Waals surface area (Å²) in [5.41, 5.74) is 1.83. The average molecular weight is 292 g/mol. The smallest absolute Gasteiger partial charge is 0.340 e. The topological polar surface area (TPSA) is 46.6 Å². The second-order valence-electron chi connectivity index (χ2n) is 4.40. The molecule has 4 nitrogen and oxygen atoms in total. The lowest BCUT2D eigenvalue weighted by Gasteiger charge is -2.08. The molecule has 1 aliphatic heterocycles. The lowest BCUT2D eigenvalue weighted by atomic mass is 10.0. The van der Waals surface area contributed by atoms with Crippen molar-refractivity contribution in [2.24, 2.45) is 0 Å². The van der Waals surface area contributed by atoms with Crippen molar-refractivity contribution in [1.29, 1.82) is 0 Å². The monoisotopic (exact) mass is 291 g/mol. The molecule has 1 aromatic carbocycles. The minimum absolute atomic E-state index is 0.247. The molecule has 0 bridgehead atoms. The molecule has 1 aromatic rings. The van der Waals surface area contributed by atoms with Crippen molar-refractivity contribution >= 4 is 29.6 Å². The van der Waals surface area contributed by atoms with Crippen molar-refractivity contribution in [3.05, 3.63) is 51.7 Å². The predicted octanol–water partition coefficient (Wildman–Crippen LogP) is 2.64. The Balaban J connectivity index is 2.57. The zero-order valence-corrected chi connectivity index (χ0v) is 12.2. The summed E-state index contributed by atoms with van der Waals surface area (Å²) in [4.78, 5) is 25.5. The third-order valence-corrected chi connectivity index (χ3v) is 3.61. The van der Waals surface area contributed by atoms with Gasteiger partial charge in [0.2, 0.25) is 0 Å². The van der Waals surface area contributed by atoms with Gasteiger partial charge in [0.25, 0.3) is 5.91 Å². The van der Waals surface area contributed by atoms with E-state index in [9.17, 15) is 9.59 Å². The Morgan fingerprint density at radius 2 is 2.00 bits per heavy atom. The Morgan fingerprint density at radius 3 is 2.60 bits per heavy atom. The second kappa shape index (κ2) is 5.51. The van der Waals surface area contributed by atoms with E-state index >= 15 is 0 Å². The van der Waals surface area contributed by atoms with Crippen molar-refractivity contribution < 1.29 is 14.3 Å². The van der Waals surface area contributed by atoms with Crippen LogP contribution in [0.5, 0.6) is 0 Å². The van der Waals surface area contributed by atoms with Crippen LogP contribution >= 0.6 is 11.6 Å². The van der Waals surface area contributed by atoms with Crippen LogP contribution in [-0.4, -0.2) is 30.9 Å². The number of allylic oxidation sites excluding steroid dienone is 1. The molecule has 2 rings (SSSR count). The van der Waals surface area contributed by atoms with Crippen LogP contribution in [0.4, 0.5) is 0 Å². The number of carbonyl (C=O) groups is 2. The summed E-state index contributed by atoms with van der Waals surface area (Å²) >= 11 is 6.08. The van der Waals surface area contributed by atoms with E-state index in [1.54, 1.807) is 38.2 Å². The van der Waals surface area contributed by atoms with Crippen LogP contribution in [0.3, 0.4) is 0 Å². The van der Waals surface area contributed by atoms with Crippen LogP contribution in [0.25, 0.3) is 6.08 Å². The number of esters is 1. The van der Waals surface area contributed by atoms with E-state index in [4.69, 9.17) is 16.3 Å². The van der Waals surface area contributed by atoms with E-state index in [1.165, 1.54) is 12.0 Å². The van der Waals surface area contributed by atoms with Crippen LogP contribution in [0.15, 0.2) is 41.1 Å². The van der Waals surface area contributed by atoms with Gasteiger partial charge >= 0.3 is 5.97 Å². The van der Waals surface area contributed by atoms with Crippen molar-refractivity contribution in [1.82, 2.24) is 4.90 Å². The van der Waals surface area contributed by atoms with Gasteiger partial charge in [-0.05, 0) is 24.6 Å². The lowest BCUT2D eigenvalue weighted by Crippen LogP contribution is -2.19. The lowest BCUT2D eigenvalue weighted by molar-refractivity contribution is -0.136. The highest BCUT2D eigenvalue weighted by molar-refractivity contribution is 6.32. The average Bonchev–Trinajstić information content (AvgIpc) is 2.65. The van der Waals surface area contributed by atoms with E-state index in [0.717, 1.165) is 0 Å². The van der Waals surface area contributed by atoms with Gasteiger partial charge in [0.15, 0.2) is 0 Å². The Kier molecular flexibility index (Phi) is 3.95. The molecule has 104 valence electrons. The second-order valence-corrected chi connectivity index (χ2v) is 4.80. The molecule has 1 heterocycles. The van der Waals surface area contributed by atoms with Crippen molar-refractivity contribution in [3.63, 3.8) is 0 Å². The first-order valence-electron chi connectivity index (χ1n) is 6.01. The highest BCUT2D eigenvalue weighted by atomic mass is 35.5. The summed E-state index contributed by atoms with van der Waals surface area (Å²) in [6.45, 7) is 1.71. The SMILES string of the molecule is COC(=O)C1=C(C)N(C)C(=O)C1=Cc1ccccc1Cl. The quantitative estimate of drug-likeness (QED) is 0.622. The molecule has 0 saturated heterocycles. The molecule has 20 heavy (non-hydrogen) atoms. The van der Waals surface area contributed by atoms with Gasteiger partial charge in [0.1, 0.15) is 0 Å². The molecule has 0 aliphatic carbocycles. The number of amides is 1.